The van der Waals surface area contributed by atoms with Gasteiger partial charge in [0.15, 0.2) is 0 Å². The quantitative estimate of drug-likeness (QED) is 0.842. The molecule has 18 heavy (non-hydrogen) atoms. The Morgan fingerprint density at radius 3 is 2.89 bits per heavy atom. The summed E-state index contributed by atoms with van der Waals surface area (Å²) < 4.78 is 1.13. The van der Waals surface area contributed by atoms with Gasteiger partial charge in [-0.25, -0.2) is 0 Å². The molecule has 1 saturated carbocycles. The molecule has 2 rings (SSSR count). The van der Waals surface area contributed by atoms with E-state index in [2.05, 4.69) is 46.5 Å². The largest absolute Gasteiger partial charge is 0.481 e. The number of hydrogen-bond donors (Lipinski definition) is 2. The highest BCUT2D eigenvalue weighted by Crippen LogP contribution is 2.38. The number of halogens is 1. The maximum absolute atomic E-state index is 10.7. The molecule has 0 aromatic carbocycles. The van der Waals surface area contributed by atoms with Crippen LogP contribution in [0.15, 0.2) is 15.9 Å². The molecule has 1 aromatic rings. The SMILES string of the molecule is CC(C)(CNCC1CC1C(=O)O)c1cc(Br)cs1. The van der Waals surface area contributed by atoms with Crippen LogP contribution >= 0.6 is 27.3 Å². The lowest BCUT2D eigenvalue weighted by Gasteiger charge is -2.23. The predicted octanol–water partition coefficient (Wildman–Crippen LogP) is 3.10. The molecule has 0 saturated heterocycles. The second-order valence-electron chi connectivity index (χ2n) is 5.58. The summed E-state index contributed by atoms with van der Waals surface area (Å²) in [5.41, 5.74) is 0.0876. The standard InChI is InChI=1S/C13H18BrNO2S/c1-13(2,11-4-9(14)6-18-11)7-15-5-8-3-10(8)12(16)17/h4,6,8,10,15H,3,5,7H2,1-2H3,(H,16,17). The third-order valence-corrected chi connectivity index (χ3v) is 5.50. The van der Waals surface area contributed by atoms with E-state index in [1.807, 2.05) is 0 Å². The molecular formula is C13H18BrNO2S. The van der Waals surface area contributed by atoms with Gasteiger partial charge in [-0.2, -0.15) is 0 Å². The molecule has 2 unspecified atom stereocenters. The maximum atomic E-state index is 10.7. The summed E-state index contributed by atoms with van der Waals surface area (Å²) in [6.45, 7) is 6.11. The number of aliphatic carboxylic acids is 1. The monoisotopic (exact) mass is 331 g/mol. The normalized spacial score (nSPS) is 23.1. The molecule has 1 aliphatic carbocycles. The van der Waals surface area contributed by atoms with Gasteiger partial charge in [-0.3, -0.25) is 4.79 Å². The Labute approximate surface area is 120 Å². The molecule has 0 spiro atoms. The summed E-state index contributed by atoms with van der Waals surface area (Å²) in [6.07, 6.45) is 0.827. The van der Waals surface area contributed by atoms with Gasteiger partial charge in [0.25, 0.3) is 0 Å². The average molecular weight is 332 g/mol. The van der Waals surface area contributed by atoms with Gasteiger partial charge in [0.05, 0.1) is 5.92 Å². The van der Waals surface area contributed by atoms with E-state index in [1.54, 1.807) is 11.3 Å². The molecule has 0 aliphatic heterocycles. The van der Waals surface area contributed by atoms with Crippen LogP contribution in [0.2, 0.25) is 0 Å². The van der Waals surface area contributed by atoms with Gasteiger partial charge in [-0.05, 0) is 40.9 Å². The zero-order chi connectivity index (χ0) is 13.3. The molecule has 0 radical (unpaired) electrons. The number of thiophene rings is 1. The Bertz CT molecular complexity index is 444. The van der Waals surface area contributed by atoms with Gasteiger partial charge in [0.1, 0.15) is 0 Å². The molecule has 1 fully saturated rings. The minimum absolute atomic E-state index is 0.0876. The van der Waals surface area contributed by atoms with Crippen molar-refractivity contribution in [1.29, 1.82) is 0 Å². The number of carboxylic acid groups (broad SMARTS) is 1. The van der Waals surface area contributed by atoms with E-state index < -0.39 is 5.97 Å². The van der Waals surface area contributed by atoms with Gasteiger partial charge in [-0.15, -0.1) is 11.3 Å². The van der Waals surface area contributed by atoms with Crippen molar-refractivity contribution in [3.8, 4) is 0 Å². The zero-order valence-electron chi connectivity index (χ0n) is 10.6. The Hall–Kier alpha value is -0.390. The molecule has 2 N–H and O–H groups in total. The summed E-state index contributed by atoms with van der Waals surface area (Å²) in [4.78, 5) is 12.1. The minimum atomic E-state index is -0.650. The molecule has 5 heteroatoms. The van der Waals surface area contributed by atoms with Gasteiger partial charge in [0.2, 0.25) is 0 Å². The molecule has 0 bridgehead atoms. The summed E-state index contributed by atoms with van der Waals surface area (Å²) in [6, 6.07) is 2.16. The smallest absolute Gasteiger partial charge is 0.306 e. The molecule has 1 aromatic heterocycles. The van der Waals surface area contributed by atoms with Gasteiger partial charge < -0.3 is 10.4 Å². The summed E-state index contributed by atoms with van der Waals surface area (Å²) in [7, 11) is 0. The summed E-state index contributed by atoms with van der Waals surface area (Å²) in [5, 5.41) is 14.3. The number of nitrogens with one attached hydrogen (secondary N) is 1. The van der Waals surface area contributed by atoms with Crippen molar-refractivity contribution in [2.45, 2.75) is 25.7 Å². The molecular weight excluding hydrogens is 314 g/mol. The summed E-state index contributed by atoms with van der Waals surface area (Å²) >= 11 is 5.23. The lowest BCUT2D eigenvalue weighted by molar-refractivity contribution is -0.138. The highest BCUT2D eigenvalue weighted by molar-refractivity contribution is 9.10. The maximum Gasteiger partial charge on any atom is 0.306 e. The van der Waals surface area contributed by atoms with Gasteiger partial charge >= 0.3 is 5.97 Å². The van der Waals surface area contributed by atoms with E-state index in [0.29, 0.717) is 5.92 Å². The van der Waals surface area contributed by atoms with Gasteiger partial charge in [-0.1, -0.05) is 13.8 Å². The number of rotatable bonds is 6. The van der Waals surface area contributed by atoms with E-state index in [-0.39, 0.29) is 11.3 Å². The van der Waals surface area contributed by atoms with Crippen LogP contribution in [-0.4, -0.2) is 24.2 Å². The van der Waals surface area contributed by atoms with Gasteiger partial charge in [0, 0.05) is 26.7 Å². The Kier molecular flexibility index (Phi) is 4.14. The van der Waals surface area contributed by atoms with Crippen molar-refractivity contribution in [3.63, 3.8) is 0 Å². The van der Waals surface area contributed by atoms with E-state index in [1.165, 1.54) is 4.88 Å². The van der Waals surface area contributed by atoms with E-state index >= 15 is 0 Å². The Morgan fingerprint density at radius 2 is 2.39 bits per heavy atom. The van der Waals surface area contributed by atoms with Crippen molar-refractivity contribution >= 4 is 33.2 Å². The third kappa shape index (κ3) is 3.33. The van der Waals surface area contributed by atoms with Crippen molar-refractivity contribution in [1.82, 2.24) is 5.32 Å². The zero-order valence-corrected chi connectivity index (χ0v) is 13.0. The topological polar surface area (TPSA) is 49.3 Å². The van der Waals surface area contributed by atoms with E-state index in [0.717, 1.165) is 24.0 Å². The average Bonchev–Trinajstić information content (AvgIpc) is 2.91. The minimum Gasteiger partial charge on any atom is -0.481 e. The first-order valence-corrected chi connectivity index (χ1v) is 7.75. The highest BCUT2D eigenvalue weighted by atomic mass is 79.9. The van der Waals surface area contributed by atoms with Crippen LogP contribution in [0, 0.1) is 11.8 Å². The molecule has 1 heterocycles. The van der Waals surface area contributed by atoms with Crippen LogP contribution < -0.4 is 5.32 Å². The van der Waals surface area contributed by atoms with Crippen molar-refractivity contribution in [2.24, 2.45) is 11.8 Å². The van der Waals surface area contributed by atoms with E-state index in [9.17, 15) is 4.79 Å². The van der Waals surface area contributed by atoms with Crippen LogP contribution in [0.1, 0.15) is 25.1 Å². The first-order valence-electron chi connectivity index (χ1n) is 6.08. The number of carboxylic acids is 1. The fourth-order valence-corrected chi connectivity index (χ4v) is 3.66. The van der Waals surface area contributed by atoms with E-state index in [4.69, 9.17) is 5.11 Å². The first kappa shape index (κ1) is 14.0. The third-order valence-electron chi connectivity index (χ3n) is 3.45. The first-order chi connectivity index (χ1) is 8.40. The molecule has 0 amide bonds. The van der Waals surface area contributed by atoms with Crippen LogP contribution in [-0.2, 0) is 10.2 Å². The molecule has 3 nitrogen and oxygen atoms in total. The molecule has 1 aliphatic rings. The fraction of sp³-hybridized carbons (Fsp3) is 0.615. The van der Waals surface area contributed by atoms with Crippen LogP contribution in [0.5, 0.6) is 0 Å². The summed E-state index contributed by atoms with van der Waals surface area (Å²) in [5.74, 6) is -0.437. The van der Waals surface area contributed by atoms with Crippen LogP contribution in [0.4, 0.5) is 0 Å². The molecule has 100 valence electrons. The number of carbonyl (C=O) groups is 1. The second kappa shape index (κ2) is 5.31. The highest BCUT2D eigenvalue weighted by Gasteiger charge is 2.42. The fourth-order valence-electron chi connectivity index (χ4n) is 2.10. The number of hydrogen-bond acceptors (Lipinski definition) is 3. The second-order valence-corrected chi connectivity index (χ2v) is 7.41. The van der Waals surface area contributed by atoms with Crippen molar-refractivity contribution in [3.05, 3.63) is 20.8 Å². The lowest BCUT2D eigenvalue weighted by Crippen LogP contribution is -2.33. The van der Waals surface area contributed by atoms with Crippen molar-refractivity contribution < 1.29 is 9.90 Å². The van der Waals surface area contributed by atoms with Crippen LogP contribution in [0.3, 0.4) is 0 Å². The predicted molar refractivity (Wildman–Crippen MR) is 77.1 cm³/mol. The van der Waals surface area contributed by atoms with Crippen molar-refractivity contribution in [2.75, 3.05) is 13.1 Å². The Balaban J connectivity index is 1.78. The Morgan fingerprint density at radius 1 is 1.67 bits per heavy atom. The van der Waals surface area contributed by atoms with Crippen LogP contribution in [0.25, 0.3) is 0 Å². The lowest BCUT2D eigenvalue weighted by atomic mass is 9.91. The molecule has 2 atom stereocenters.